The largest absolute Gasteiger partial charge is 1.00 e. The molecular formula is C134H112ClO3P. The topological polar surface area (TPSA) is 35.5 Å². The highest BCUT2D eigenvalue weighted by Crippen LogP contribution is 2.60. The molecule has 19 aromatic rings. The first-order valence-corrected chi connectivity index (χ1v) is 50.7. The Balaban J connectivity index is 0.000000131. The maximum Gasteiger partial charge on any atom is 0.170 e. The molecule has 0 N–H and O–H groups in total. The Bertz CT molecular complexity index is 8170. The van der Waals surface area contributed by atoms with E-state index in [9.17, 15) is 4.79 Å². The van der Waals surface area contributed by atoms with Crippen LogP contribution in [0.5, 0.6) is 0 Å². The fraction of sp³-hybridized carbons (Fsp3) is 0.157. The lowest BCUT2D eigenvalue weighted by atomic mass is 9.80. The van der Waals surface area contributed by atoms with E-state index >= 15 is 0 Å². The third-order valence-electron chi connectivity index (χ3n) is 32.1. The van der Waals surface area contributed by atoms with E-state index < -0.39 is 7.26 Å². The molecule has 0 heterocycles. The SMILES string of the molecule is CC1(C)c2ccccc2-c2ccc(-c3ccc4c(c3)C(C)(C)c3cc(-c5ccc6ccc(-c7cc8c(cc7C=O)C(C)(C)c7ccccc7-8)cc6c5)ccc3-4)cc21.CO/C=C/c1cc2c(cc1-c1ccc3ccc(-c4ccc5c(c4)C(C)(C)c4cc(-c6ccc7c(c6)C(C)(C)c6ccccc6-7)ccc4-5)cc3c1)-c1ccccc1C2(C)C.COC[P+](c1ccccc1)(c1ccccc1)c1ccccc1.[Cl-]. The van der Waals surface area contributed by atoms with Crippen LogP contribution in [0.3, 0.4) is 0 Å². The smallest absolute Gasteiger partial charge is 0.170 e. The van der Waals surface area contributed by atoms with Crippen molar-refractivity contribution in [2.24, 2.45) is 0 Å². The van der Waals surface area contributed by atoms with Crippen molar-refractivity contribution in [3.05, 3.63) is 478 Å². The number of carbonyl (C=O) groups excluding carboxylic acids is 1. The van der Waals surface area contributed by atoms with Crippen LogP contribution in [0.2, 0.25) is 0 Å². The summed E-state index contributed by atoms with van der Waals surface area (Å²) in [5, 5.41) is 8.88. The maximum absolute atomic E-state index is 12.6. The minimum absolute atomic E-state index is 0. The molecule has 0 saturated carbocycles. The molecule has 6 aliphatic carbocycles. The summed E-state index contributed by atoms with van der Waals surface area (Å²) in [6.45, 7) is 28.2. The van der Waals surface area contributed by atoms with Crippen LogP contribution in [0.25, 0.3) is 161 Å². The fourth-order valence-electron chi connectivity index (χ4n) is 24.5. The van der Waals surface area contributed by atoms with Crippen LogP contribution < -0.4 is 28.3 Å². The van der Waals surface area contributed by atoms with Gasteiger partial charge in [0, 0.05) is 45.2 Å². The Morgan fingerprint density at radius 2 is 0.446 bits per heavy atom. The first-order chi connectivity index (χ1) is 66.8. The first kappa shape index (κ1) is 89.8. The van der Waals surface area contributed by atoms with E-state index in [0.717, 1.165) is 33.9 Å². The Kier molecular flexibility index (Phi) is 22.0. The molecule has 139 heavy (non-hydrogen) atoms. The average Bonchev–Trinajstić information content (AvgIpc) is 1.57. The van der Waals surface area contributed by atoms with Crippen LogP contribution in [-0.2, 0) is 42.0 Å². The molecule has 19 aromatic carbocycles. The number of hydrogen-bond donors (Lipinski definition) is 0. The van der Waals surface area contributed by atoms with E-state index in [1.165, 1.54) is 221 Å². The summed E-state index contributed by atoms with van der Waals surface area (Å²) < 4.78 is 11.2. The second-order valence-corrected chi connectivity index (χ2v) is 45.3. The standard InChI is InChI=1S/C58H48O.C56H44O.C20H20OP.ClH/c1-56(2)50-14-10-8-12-43(50)45-23-21-38(31-52(45)56)39-22-25-47-46-24-20-37(30-53(46)58(5,6)54(47)32-39)36-18-16-35-17-19-40(29-42(35)28-36)48-34-49-44-13-9-11-15-51(44)57(3,4)55(49)33-41(48)26-27-59-7;1-54(2)48-13-9-7-11-41(48)43-22-20-36(28-50(43)54)37-21-24-45-44-23-19-35(27-51(44)56(5,6)52(45)29-37)34-17-15-33-16-18-38(26-39(33)25-34)46-31-47-42-12-8-10-14-49(42)55(3,4)53(47)30-40(46)32-57;1-21-17-22(18-11-5-2-6-12-18,19-13-7-3-8-14-19)20-15-9-4-10-16-20;/h8-34H,1-7H3;7-32H,1-6H3;2-16H,17H2,1H3;1H/q;;+1;/p-1/b27-26+;;;. The number of ether oxygens (including phenoxy) is 2. The zero-order chi connectivity index (χ0) is 94.7. The molecule has 0 atom stereocenters. The van der Waals surface area contributed by atoms with Gasteiger partial charge in [0.05, 0.1) is 13.4 Å². The highest BCUT2D eigenvalue weighted by molar-refractivity contribution is 7.95. The predicted molar refractivity (Wildman–Crippen MR) is 584 cm³/mol. The first-order valence-electron chi connectivity index (χ1n) is 48.7. The second-order valence-electron chi connectivity index (χ2n) is 41.9. The van der Waals surface area contributed by atoms with Gasteiger partial charge in [0.1, 0.15) is 23.2 Å². The lowest BCUT2D eigenvalue weighted by Crippen LogP contribution is -3.00. The second kappa shape index (κ2) is 34.0. The third-order valence-corrected chi connectivity index (χ3v) is 36.3. The lowest BCUT2D eigenvalue weighted by molar-refractivity contribution is -0.0000336. The summed E-state index contributed by atoms with van der Waals surface area (Å²) in [6, 6.07) is 146. The molecule has 0 amide bonds. The van der Waals surface area contributed by atoms with E-state index in [0.29, 0.717) is 6.35 Å². The van der Waals surface area contributed by atoms with Crippen LogP contribution in [0, 0.1) is 0 Å². The molecule has 0 bridgehead atoms. The van der Waals surface area contributed by atoms with Gasteiger partial charge in [-0.1, -0.05) is 356 Å². The molecule has 0 unspecified atom stereocenters. The number of aldehydes is 1. The highest BCUT2D eigenvalue weighted by atomic mass is 35.5. The molecule has 3 nitrogen and oxygen atoms in total. The minimum atomic E-state index is -1.78. The summed E-state index contributed by atoms with van der Waals surface area (Å²) in [4.78, 5) is 12.6. The van der Waals surface area contributed by atoms with Crippen molar-refractivity contribution in [2.75, 3.05) is 20.6 Å². The summed E-state index contributed by atoms with van der Waals surface area (Å²) in [7, 11) is 1.73. The average molecular weight is 1840 g/mol. The zero-order valence-electron chi connectivity index (χ0n) is 81.5. The Morgan fingerprint density at radius 3 is 0.741 bits per heavy atom. The number of carbonyl (C=O) groups is 1. The molecule has 0 aliphatic heterocycles. The van der Waals surface area contributed by atoms with Crippen LogP contribution in [-0.4, -0.2) is 26.9 Å². The molecule has 6 aliphatic rings. The normalized spacial score (nSPS) is 14.9. The van der Waals surface area contributed by atoms with E-state index in [-0.39, 0.29) is 44.9 Å². The van der Waals surface area contributed by atoms with Crippen molar-refractivity contribution in [1.29, 1.82) is 0 Å². The lowest BCUT2D eigenvalue weighted by Gasteiger charge is -2.26. The number of methoxy groups -OCH3 is 2. The molecule has 0 radical (unpaired) electrons. The van der Waals surface area contributed by atoms with Crippen LogP contribution >= 0.6 is 7.26 Å². The summed E-state index contributed by atoms with van der Waals surface area (Å²) in [5.41, 5.74) is 48.1. The number of hydrogen-bond acceptors (Lipinski definition) is 3. The van der Waals surface area contributed by atoms with Crippen molar-refractivity contribution in [3.8, 4) is 134 Å². The van der Waals surface area contributed by atoms with Gasteiger partial charge in [0.15, 0.2) is 12.6 Å². The fourth-order valence-corrected chi connectivity index (χ4v) is 28.2. The van der Waals surface area contributed by atoms with Crippen LogP contribution in [0.1, 0.15) is 166 Å². The molecule has 0 spiro atoms. The van der Waals surface area contributed by atoms with Crippen LogP contribution in [0.15, 0.2) is 401 Å². The van der Waals surface area contributed by atoms with Gasteiger partial charge in [-0.3, -0.25) is 4.79 Å². The summed E-state index contributed by atoms with van der Waals surface area (Å²) in [5.74, 6) is 0. The van der Waals surface area contributed by atoms with Gasteiger partial charge in [0.2, 0.25) is 0 Å². The van der Waals surface area contributed by atoms with Crippen molar-refractivity contribution in [3.63, 3.8) is 0 Å². The highest BCUT2D eigenvalue weighted by Gasteiger charge is 2.47. The predicted octanol–water partition coefficient (Wildman–Crippen LogP) is 30.5. The van der Waals surface area contributed by atoms with E-state index in [4.69, 9.17) is 9.47 Å². The minimum Gasteiger partial charge on any atom is -1.00 e. The van der Waals surface area contributed by atoms with Gasteiger partial charge in [-0.15, -0.1) is 0 Å². The van der Waals surface area contributed by atoms with E-state index in [1.54, 1.807) is 20.5 Å². The van der Waals surface area contributed by atoms with Gasteiger partial charge < -0.3 is 21.9 Å². The molecule has 678 valence electrons. The molecule has 0 fully saturated rings. The van der Waals surface area contributed by atoms with Gasteiger partial charge in [-0.2, -0.15) is 0 Å². The van der Waals surface area contributed by atoms with Gasteiger partial charge in [-0.05, 0) is 355 Å². The van der Waals surface area contributed by atoms with Crippen molar-refractivity contribution in [1.82, 2.24) is 0 Å². The molecular weight excluding hydrogens is 1720 g/mol. The molecule has 0 aromatic heterocycles. The quantitative estimate of drug-likeness (QED) is 0.0618. The van der Waals surface area contributed by atoms with Crippen molar-refractivity contribution >= 4 is 57.1 Å². The molecule has 5 heteroatoms. The Morgan fingerprint density at radius 1 is 0.216 bits per heavy atom. The number of rotatable bonds is 14. The Labute approximate surface area is 825 Å². The zero-order valence-corrected chi connectivity index (χ0v) is 83.2. The van der Waals surface area contributed by atoms with Gasteiger partial charge in [0.25, 0.3) is 0 Å². The summed E-state index contributed by atoms with van der Waals surface area (Å²) >= 11 is 0. The molecule has 0 saturated heterocycles. The van der Waals surface area contributed by atoms with Gasteiger partial charge >= 0.3 is 0 Å². The van der Waals surface area contributed by atoms with Crippen molar-refractivity contribution < 1.29 is 26.7 Å². The van der Waals surface area contributed by atoms with Crippen LogP contribution in [0.4, 0.5) is 0 Å². The number of fused-ring (bicyclic) bond motifs is 20. The van der Waals surface area contributed by atoms with E-state index in [1.807, 2.05) is 0 Å². The van der Waals surface area contributed by atoms with E-state index in [2.05, 4.69) is 483 Å². The maximum atomic E-state index is 12.6. The monoisotopic (exact) mass is 1830 g/mol. The third kappa shape index (κ3) is 14.5. The Hall–Kier alpha value is -14.4. The molecule has 25 rings (SSSR count). The van der Waals surface area contributed by atoms with Crippen molar-refractivity contribution in [2.45, 2.75) is 116 Å². The summed E-state index contributed by atoms with van der Waals surface area (Å²) in [6.07, 6.45) is 5.63. The number of benzene rings is 19. The van der Waals surface area contributed by atoms with Gasteiger partial charge in [-0.25, -0.2) is 0 Å². The number of halogens is 1.